The monoisotopic (exact) mass is 255 g/mol. The summed E-state index contributed by atoms with van der Waals surface area (Å²) in [6.45, 7) is 0. The molecule has 1 N–H and O–H groups in total. The fourth-order valence-corrected chi connectivity index (χ4v) is 2.92. The van der Waals surface area contributed by atoms with Gasteiger partial charge in [-0.3, -0.25) is 0 Å². The Morgan fingerprint density at radius 2 is 2.28 bits per heavy atom. The smallest absolute Gasteiger partial charge is 0.178 e. The zero-order chi connectivity index (χ0) is 12.5. The van der Waals surface area contributed by atoms with E-state index in [4.69, 9.17) is 17.5 Å². The Morgan fingerprint density at radius 1 is 1.39 bits per heavy atom. The van der Waals surface area contributed by atoms with Gasteiger partial charge in [0.2, 0.25) is 0 Å². The van der Waals surface area contributed by atoms with Gasteiger partial charge in [-0.25, -0.2) is 0 Å². The van der Waals surface area contributed by atoms with Crippen molar-refractivity contribution in [3.05, 3.63) is 40.7 Å². The number of benzene rings is 1. The van der Waals surface area contributed by atoms with E-state index in [2.05, 4.69) is 27.8 Å². The second-order valence-corrected chi connectivity index (χ2v) is 4.97. The highest BCUT2D eigenvalue weighted by Crippen LogP contribution is 2.28. The number of rotatable bonds is 1. The molecule has 1 aromatic carbocycles. The van der Waals surface area contributed by atoms with E-state index in [0.717, 1.165) is 35.1 Å². The van der Waals surface area contributed by atoms with Crippen molar-refractivity contribution in [3.8, 4) is 6.07 Å². The van der Waals surface area contributed by atoms with Crippen LogP contribution in [0.25, 0.3) is 11.0 Å². The molecule has 0 aliphatic heterocycles. The first-order chi connectivity index (χ1) is 8.79. The summed E-state index contributed by atoms with van der Waals surface area (Å²) >= 11 is 5.41. The highest BCUT2D eigenvalue weighted by Gasteiger charge is 2.16. The first kappa shape index (κ1) is 11.2. The number of allylic oxidation sites excluding steroid dienone is 2. The van der Waals surface area contributed by atoms with Gasteiger partial charge in [0.25, 0.3) is 0 Å². The van der Waals surface area contributed by atoms with Gasteiger partial charge >= 0.3 is 0 Å². The van der Waals surface area contributed by atoms with Crippen molar-refractivity contribution in [2.75, 3.05) is 0 Å². The van der Waals surface area contributed by atoms with Crippen molar-refractivity contribution in [3.63, 3.8) is 0 Å². The Balaban J connectivity index is 2.21. The van der Waals surface area contributed by atoms with E-state index in [0.29, 0.717) is 11.6 Å². The Hall–Kier alpha value is -1.86. The van der Waals surface area contributed by atoms with E-state index in [-0.39, 0.29) is 0 Å². The van der Waals surface area contributed by atoms with Crippen molar-refractivity contribution in [2.24, 2.45) is 0 Å². The third kappa shape index (κ3) is 1.77. The van der Waals surface area contributed by atoms with E-state index in [1.54, 1.807) is 0 Å². The number of hydrogen-bond acceptors (Lipinski definition) is 2. The summed E-state index contributed by atoms with van der Waals surface area (Å²) in [6.07, 6.45) is 7.64. The summed E-state index contributed by atoms with van der Waals surface area (Å²) in [5.41, 5.74) is 2.73. The van der Waals surface area contributed by atoms with Gasteiger partial charge in [0, 0.05) is 6.04 Å². The quantitative estimate of drug-likeness (QED) is 0.621. The summed E-state index contributed by atoms with van der Waals surface area (Å²) < 4.78 is 2.91. The minimum absolute atomic E-state index is 0.408. The second kappa shape index (κ2) is 4.43. The Bertz CT molecular complexity index is 715. The standard InChI is InChI=1S/C14H13N3S/c15-9-10-6-7-12-13(8-10)17(14(18)16-12)11-4-2-1-3-5-11/h1-2,6-8,11H,3-5H2,(H,16,18). The number of aromatic nitrogens is 2. The normalized spacial score (nSPS) is 18.9. The Morgan fingerprint density at radius 3 is 3.00 bits per heavy atom. The van der Waals surface area contributed by atoms with Gasteiger partial charge in [-0.2, -0.15) is 5.26 Å². The largest absolute Gasteiger partial charge is 0.331 e. The lowest BCUT2D eigenvalue weighted by atomic mass is 10.0. The van der Waals surface area contributed by atoms with Crippen molar-refractivity contribution in [2.45, 2.75) is 25.3 Å². The molecule has 3 nitrogen and oxygen atoms in total. The zero-order valence-corrected chi connectivity index (χ0v) is 10.7. The highest BCUT2D eigenvalue weighted by atomic mass is 32.1. The number of hydrogen-bond donors (Lipinski definition) is 1. The van der Waals surface area contributed by atoms with Crippen molar-refractivity contribution in [1.29, 1.82) is 5.26 Å². The molecule has 0 fully saturated rings. The van der Waals surface area contributed by atoms with Crippen LogP contribution in [0.5, 0.6) is 0 Å². The van der Waals surface area contributed by atoms with Crippen LogP contribution >= 0.6 is 12.2 Å². The van der Waals surface area contributed by atoms with Crippen LogP contribution in [0.4, 0.5) is 0 Å². The molecule has 3 rings (SSSR count). The molecule has 90 valence electrons. The van der Waals surface area contributed by atoms with Crippen LogP contribution in [-0.4, -0.2) is 9.55 Å². The molecule has 4 heteroatoms. The molecule has 1 aliphatic carbocycles. The third-order valence-electron chi connectivity index (χ3n) is 3.45. The molecule has 1 atom stereocenters. The molecule has 2 aromatic rings. The fourth-order valence-electron chi connectivity index (χ4n) is 2.57. The molecule has 0 bridgehead atoms. The number of nitrogens with one attached hydrogen (secondary N) is 1. The minimum Gasteiger partial charge on any atom is -0.331 e. The maximum atomic E-state index is 9.00. The number of fused-ring (bicyclic) bond motifs is 1. The van der Waals surface area contributed by atoms with E-state index in [1.807, 2.05) is 18.2 Å². The summed E-state index contributed by atoms with van der Waals surface area (Å²) in [5, 5.41) is 9.00. The lowest BCUT2D eigenvalue weighted by molar-refractivity contribution is 0.467. The summed E-state index contributed by atoms with van der Waals surface area (Å²) in [7, 11) is 0. The number of imidazole rings is 1. The Kier molecular flexibility index (Phi) is 2.77. The molecule has 1 aliphatic rings. The molecule has 0 radical (unpaired) electrons. The van der Waals surface area contributed by atoms with Crippen molar-refractivity contribution >= 4 is 23.3 Å². The predicted molar refractivity (Wildman–Crippen MR) is 73.9 cm³/mol. The first-order valence-corrected chi connectivity index (χ1v) is 6.50. The van der Waals surface area contributed by atoms with Gasteiger partial charge in [-0.05, 0) is 49.7 Å². The minimum atomic E-state index is 0.408. The molecule has 0 saturated heterocycles. The van der Waals surface area contributed by atoms with Gasteiger partial charge < -0.3 is 9.55 Å². The first-order valence-electron chi connectivity index (χ1n) is 6.09. The van der Waals surface area contributed by atoms with Crippen LogP contribution in [0.1, 0.15) is 30.9 Å². The van der Waals surface area contributed by atoms with Crippen LogP contribution < -0.4 is 0 Å². The number of nitriles is 1. The van der Waals surface area contributed by atoms with Gasteiger partial charge in [-0.15, -0.1) is 0 Å². The molecule has 18 heavy (non-hydrogen) atoms. The zero-order valence-electron chi connectivity index (χ0n) is 9.89. The van der Waals surface area contributed by atoms with Crippen molar-refractivity contribution in [1.82, 2.24) is 9.55 Å². The van der Waals surface area contributed by atoms with Crippen LogP contribution in [0, 0.1) is 16.1 Å². The lowest BCUT2D eigenvalue weighted by Gasteiger charge is -2.20. The van der Waals surface area contributed by atoms with Gasteiger partial charge in [0.1, 0.15) is 0 Å². The molecular formula is C14H13N3S. The SMILES string of the molecule is N#Cc1ccc2[nH]c(=S)n(C3CC=CCC3)c2c1. The van der Waals surface area contributed by atoms with Gasteiger partial charge in [0.05, 0.1) is 22.7 Å². The molecule has 1 heterocycles. The maximum absolute atomic E-state index is 9.00. The van der Waals surface area contributed by atoms with Gasteiger partial charge in [-0.1, -0.05) is 12.2 Å². The molecule has 1 unspecified atom stereocenters. The summed E-state index contributed by atoms with van der Waals surface area (Å²) in [5.74, 6) is 0. The van der Waals surface area contributed by atoms with Gasteiger partial charge in [0.15, 0.2) is 4.77 Å². The lowest BCUT2D eigenvalue weighted by Crippen LogP contribution is -2.10. The Labute approximate surface area is 110 Å². The topological polar surface area (TPSA) is 44.5 Å². The fraction of sp³-hybridized carbons (Fsp3) is 0.286. The molecule has 0 spiro atoms. The predicted octanol–water partition coefficient (Wildman–Crippen LogP) is 3.85. The molecule has 0 saturated carbocycles. The van der Waals surface area contributed by atoms with E-state index < -0.39 is 0 Å². The molecular weight excluding hydrogens is 242 g/mol. The van der Waals surface area contributed by atoms with Crippen LogP contribution in [0.2, 0.25) is 0 Å². The van der Waals surface area contributed by atoms with Crippen LogP contribution in [-0.2, 0) is 0 Å². The summed E-state index contributed by atoms with van der Waals surface area (Å²) in [4.78, 5) is 3.22. The maximum Gasteiger partial charge on any atom is 0.178 e. The molecule has 0 amide bonds. The van der Waals surface area contributed by atoms with Crippen LogP contribution in [0.15, 0.2) is 30.4 Å². The average Bonchev–Trinajstić information content (AvgIpc) is 2.74. The van der Waals surface area contributed by atoms with E-state index in [1.165, 1.54) is 0 Å². The third-order valence-corrected chi connectivity index (χ3v) is 3.75. The van der Waals surface area contributed by atoms with Crippen molar-refractivity contribution < 1.29 is 0 Å². The summed E-state index contributed by atoms with van der Waals surface area (Å²) in [6, 6.07) is 8.26. The number of aromatic amines is 1. The number of nitrogens with zero attached hydrogens (tertiary/aromatic N) is 2. The van der Waals surface area contributed by atoms with E-state index >= 15 is 0 Å². The average molecular weight is 255 g/mol. The van der Waals surface area contributed by atoms with E-state index in [9.17, 15) is 0 Å². The second-order valence-electron chi connectivity index (χ2n) is 4.58. The van der Waals surface area contributed by atoms with Crippen LogP contribution in [0.3, 0.4) is 0 Å². The highest BCUT2D eigenvalue weighted by molar-refractivity contribution is 7.71. The number of H-pyrrole nitrogens is 1. The molecule has 1 aromatic heterocycles.